The molecule has 3 aromatic rings. The van der Waals surface area contributed by atoms with Crippen molar-refractivity contribution < 1.29 is 18.7 Å². The van der Waals surface area contributed by atoms with E-state index in [0.29, 0.717) is 22.4 Å². The number of esters is 1. The molecule has 0 saturated carbocycles. The van der Waals surface area contributed by atoms with E-state index < -0.39 is 5.97 Å². The number of hydrogen-bond donors (Lipinski definition) is 0. The molecule has 0 bridgehead atoms. The van der Waals surface area contributed by atoms with Crippen LogP contribution in [0.5, 0.6) is 11.5 Å². The number of para-hydroxylation sites is 1. The van der Waals surface area contributed by atoms with E-state index in [-0.39, 0.29) is 6.61 Å². The van der Waals surface area contributed by atoms with E-state index in [0.717, 1.165) is 5.56 Å². The van der Waals surface area contributed by atoms with E-state index in [2.05, 4.69) is 10.2 Å². The van der Waals surface area contributed by atoms with Gasteiger partial charge in [-0.05, 0) is 36.4 Å². The number of benzene rings is 2. The van der Waals surface area contributed by atoms with E-state index in [1.807, 2.05) is 0 Å². The summed E-state index contributed by atoms with van der Waals surface area (Å²) in [6.07, 6.45) is 1.25. The molecule has 0 saturated heterocycles. The Kier molecular flexibility index (Phi) is 4.54. The Morgan fingerprint density at radius 2 is 1.91 bits per heavy atom. The minimum atomic E-state index is -0.532. The maximum atomic E-state index is 11.8. The third-order valence-electron chi connectivity index (χ3n) is 2.88. The van der Waals surface area contributed by atoms with Gasteiger partial charge in [0.25, 0.3) is 0 Å². The minimum Gasteiger partial charge on any atom is -0.480 e. The van der Waals surface area contributed by atoms with Crippen LogP contribution in [0.3, 0.4) is 0 Å². The van der Waals surface area contributed by atoms with Gasteiger partial charge in [-0.1, -0.05) is 23.7 Å². The van der Waals surface area contributed by atoms with Gasteiger partial charge in [0, 0.05) is 5.56 Å². The molecule has 0 unspecified atom stereocenters. The summed E-state index contributed by atoms with van der Waals surface area (Å²) < 4.78 is 15.6. The standard InChI is InChI=1S/C16H11ClN2O4/c17-13-3-1-2-4-14(13)21-9-15(20)23-12-7-5-11(6-8-12)16-19-18-10-22-16/h1-8,10H,9H2. The van der Waals surface area contributed by atoms with Gasteiger partial charge in [0.05, 0.1) is 5.02 Å². The summed E-state index contributed by atoms with van der Waals surface area (Å²) in [4.78, 5) is 11.8. The molecule has 0 amide bonds. The SMILES string of the molecule is O=C(COc1ccccc1Cl)Oc1ccc(-c2nnco2)cc1. The molecule has 0 atom stereocenters. The van der Waals surface area contributed by atoms with Crippen LogP contribution in [0.1, 0.15) is 0 Å². The molecule has 0 fully saturated rings. The summed E-state index contributed by atoms with van der Waals surface area (Å²) >= 11 is 5.94. The second-order valence-electron chi connectivity index (χ2n) is 4.46. The van der Waals surface area contributed by atoms with Crippen LogP contribution in [-0.2, 0) is 4.79 Å². The number of ether oxygens (including phenoxy) is 2. The van der Waals surface area contributed by atoms with E-state index in [4.69, 9.17) is 25.5 Å². The van der Waals surface area contributed by atoms with Crippen molar-refractivity contribution in [3.8, 4) is 23.0 Å². The first-order chi connectivity index (χ1) is 11.2. The predicted octanol–water partition coefficient (Wildman–Crippen LogP) is 3.37. The summed E-state index contributed by atoms with van der Waals surface area (Å²) in [7, 11) is 0. The smallest absolute Gasteiger partial charge is 0.349 e. The molecule has 1 heterocycles. The van der Waals surface area contributed by atoms with E-state index >= 15 is 0 Å². The van der Waals surface area contributed by atoms with Crippen molar-refractivity contribution in [3.05, 3.63) is 59.9 Å². The van der Waals surface area contributed by atoms with Crippen molar-refractivity contribution in [2.45, 2.75) is 0 Å². The number of hydrogen-bond acceptors (Lipinski definition) is 6. The molecule has 0 radical (unpaired) electrons. The third kappa shape index (κ3) is 3.87. The van der Waals surface area contributed by atoms with E-state index in [1.54, 1.807) is 48.5 Å². The van der Waals surface area contributed by atoms with Gasteiger partial charge in [-0.3, -0.25) is 0 Å². The van der Waals surface area contributed by atoms with Gasteiger partial charge in [0.2, 0.25) is 12.3 Å². The van der Waals surface area contributed by atoms with Crippen LogP contribution >= 0.6 is 11.6 Å². The topological polar surface area (TPSA) is 74.5 Å². The quantitative estimate of drug-likeness (QED) is 0.527. The number of halogens is 1. The molecule has 2 aromatic carbocycles. The maximum Gasteiger partial charge on any atom is 0.349 e. The monoisotopic (exact) mass is 330 g/mol. The second kappa shape index (κ2) is 6.93. The molecule has 0 aliphatic heterocycles. The average molecular weight is 331 g/mol. The van der Waals surface area contributed by atoms with Crippen LogP contribution < -0.4 is 9.47 Å². The lowest BCUT2D eigenvalue weighted by Gasteiger charge is -2.08. The Hall–Kier alpha value is -2.86. The van der Waals surface area contributed by atoms with Gasteiger partial charge in [-0.25, -0.2) is 4.79 Å². The van der Waals surface area contributed by atoms with E-state index in [9.17, 15) is 4.79 Å². The summed E-state index contributed by atoms with van der Waals surface area (Å²) in [5, 5.41) is 7.83. The van der Waals surface area contributed by atoms with Crippen LogP contribution in [0.15, 0.2) is 59.3 Å². The first-order valence-corrected chi connectivity index (χ1v) is 7.05. The molecule has 0 aliphatic rings. The number of carbonyl (C=O) groups is 1. The summed E-state index contributed by atoms with van der Waals surface area (Å²) in [6.45, 7) is -0.241. The second-order valence-corrected chi connectivity index (χ2v) is 4.87. The van der Waals surface area contributed by atoms with Gasteiger partial charge in [0.1, 0.15) is 11.5 Å². The Morgan fingerprint density at radius 1 is 1.13 bits per heavy atom. The normalized spacial score (nSPS) is 10.3. The largest absolute Gasteiger partial charge is 0.480 e. The van der Waals surface area contributed by atoms with Crippen LogP contribution in [0.2, 0.25) is 5.02 Å². The van der Waals surface area contributed by atoms with Crippen molar-refractivity contribution >= 4 is 17.6 Å². The Bertz CT molecular complexity index is 788. The average Bonchev–Trinajstić information content (AvgIpc) is 3.09. The molecule has 3 rings (SSSR count). The van der Waals surface area contributed by atoms with Crippen molar-refractivity contribution in [3.63, 3.8) is 0 Å². The lowest BCUT2D eigenvalue weighted by molar-refractivity contribution is -0.136. The lowest BCUT2D eigenvalue weighted by Crippen LogP contribution is -2.17. The fraction of sp³-hybridized carbons (Fsp3) is 0.0625. The highest BCUT2D eigenvalue weighted by molar-refractivity contribution is 6.32. The van der Waals surface area contributed by atoms with Crippen molar-refractivity contribution in [2.24, 2.45) is 0 Å². The molecule has 23 heavy (non-hydrogen) atoms. The lowest BCUT2D eigenvalue weighted by atomic mass is 10.2. The molecule has 116 valence electrons. The molecule has 6 nitrogen and oxygen atoms in total. The highest BCUT2D eigenvalue weighted by atomic mass is 35.5. The molecular formula is C16H11ClN2O4. The first-order valence-electron chi connectivity index (χ1n) is 6.67. The Morgan fingerprint density at radius 3 is 2.61 bits per heavy atom. The minimum absolute atomic E-state index is 0.241. The fourth-order valence-electron chi connectivity index (χ4n) is 1.82. The molecule has 7 heteroatoms. The van der Waals surface area contributed by atoms with Gasteiger partial charge in [0.15, 0.2) is 6.61 Å². The Labute approximate surface area is 136 Å². The Balaban J connectivity index is 1.57. The molecule has 1 aromatic heterocycles. The predicted molar refractivity (Wildman–Crippen MR) is 82.3 cm³/mol. The van der Waals surface area contributed by atoms with Gasteiger partial charge < -0.3 is 13.9 Å². The molecule has 0 aliphatic carbocycles. The highest BCUT2D eigenvalue weighted by Gasteiger charge is 2.09. The maximum absolute atomic E-state index is 11.8. The highest BCUT2D eigenvalue weighted by Crippen LogP contribution is 2.23. The number of carbonyl (C=O) groups excluding carboxylic acids is 1. The zero-order valence-electron chi connectivity index (χ0n) is 11.8. The van der Waals surface area contributed by atoms with Crippen molar-refractivity contribution in [1.29, 1.82) is 0 Å². The van der Waals surface area contributed by atoms with Crippen LogP contribution in [0.4, 0.5) is 0 Å². The number of rotatable bonds is 5. The number of nitrogens with zero attached hydrogens (tertiary/aromatic N) is 2. The third-order valence-corrected chi connectivity index (χ3v) is 3.19. The summed E-state index contributed by atoms with van der Waals surface area (Å²) in [6, 6.07) is 13.6. The van der Waals surface area contributed by atoms with Gasteiger partial charge in [-0.15, -0.1) is 10.2 Å². The molecule has 0 N–H and O–H groups in total. The van der Waals surface area contributed by atoms with Crippen LogP contribution in [0, 0.1) is 0 Å². The van der Waals surface area contributed by atoms with Crippen molar-refractivity contribution in [2.75, 3.05) is 6.61 Å². The molecular weight excluding hydrogens is 320 g/mol. The first kappa shape index (κ1) is 15.1. The van der Waals surface area contributed by atoms with Crippen LogP contribution in [0.25, 0.3) is 11.5 Å². The van der Waals surface area contributed by atoms with E-state index in [1.165, 1.54) is 6.39 Å². The zero-order chi connectivity index (χ0) is 16.1. The number of aromatic nitrogens is 2. The summed E-state index contributed by atoms with van der Waals surface area (Å²) in [5.41, 5.74) is 0.731. The van der Waals surface area contributed by atoms with Crippen LogP contribution in [-0.4, -0.2) is 22.8 Å². The zero-order valence-corrected chi connectivity index (χ0v) is 12.6. The van der Waals surface area contributed by atoms with Gasteiger partial charge >= 0.3 is 5.97 Å². The summed E-state index contributed by atoms with van der Waals surface area (Å²) in [5.74, 6) is 0.680. The molecule has 0 spiro atoms. The fourth-order valence-corrected chi connectivity index (χ4v) is 2.01. The van der Waals surface area contributed by atoms with Gasteiger partial charge in [-0.2, -0.15) is 0 Å². The van der Waals surface area contributed by atoms with Crippen molar-refractivity contribution in [1.82, 2.24) is 10.2 Å².